The number of aliphatic hydroxyl groups is 4. The molecule has 0 amide bonds. The van der Waals surface area contributed by atoms with Gasteiger partial charge in [0.1, 0.15) is 6.10 Å². The quantitative estimate of drug-likeness (QED) is 0.319. The van der Waals surface area contributed by atoms with E-state index >= 15 is 0 Å². The summed E-state index contributed by atoms with van der Waals surface area (Å²) < 4.78 is 0. The molecule has 0 spiro atoms. The average Bonchev–Trinajstić information content (AvgIpc) is 1.62. The molecule has 58 valence electrons. The zero-order valence-corrected chi connectivity index (χ0v) is 5.07. The van der Waals surface area contributed by atoms with Crippen LogP contribution in [0.25, 0.3) is 0 Å². The van der Waals surface area contributed by atoms with E-state index < -0.39 is 12.1 Å². The first-order chi connectivity index (χ1) is 3.48. The molecule has 0 fully saturated rings. The Bertz CT molecular complexity index is 65.8. The van der Waals surface area contributed by atoms with Crippen LogP contribution in [0.4, 0.5) is 0 Å². The molecule has 0 aromatic heterocycles. The fourth-order valence-corrected chi connectivity index (χ4v) is 0.274. The lowest BCUT2D eigenvalue weighted by Gasteiger charge is -2.18. The summed E-state index contributed by atoms with van der Waals surface area (Å²) in [4.78, 5) is 0. The second kappa shape index (κ2) is 3.76. The molecule has 5 nitrogen and oxygen atoms in total. The fourth-order valence-electron chi connectivity index (χ4n) is 0.274. The standard InChI is InChI=1S/C4H10O4.H2O/c1-2-3(5)4(6,7)8;/h3,5-8H,2H2,1H3;1H2. The molecule has 0 aliphatic heterocycles. The molecule has 0 saturated carbocycles. The van der Waals surface area contributed by atoms with Crippen molar-refractivity contribution in [2.75, 3.05) is 0 Å². The summed E-state index contributed by atoms with van der Waals surface area (Å²) in [5.74, 6) is -2.94. The lowest BCUT2D eigenvalue weighted by molar-refractivity contribution is -0.354. The van der Waals surface area contributed by atoms with E-state index in [0.29, 0.717) is 0 Å². The second-order valence-corrected chi connectivity index (χ2v) is 1.61. The van der Waals surface area contributed by atoms with Crippen LogP contribution in [-0.2, 0) is 0 Å². The highest BCUT2D eigenvalue weighted by atomic mass is 16.7. The molecule has 1 unspecified atom stereocenters. The van der Waals surface area contributed by atoms with E-state index in [2.05, 4.69) is 0 Å². The maximum Gasteiger partial charge on any atom is 0.302 e. The van der Waals surface area contributed by atoms with Crippen molar-refractivity contribution in [2.45, 2.75) is 25.4 Å². The van der Waals surface area contributed by atoms with Gasteiger partial charge in [-0.05, 0) is 6.42 Å². The van der Waals surface area contributed by atoms with Gasteiger partial charge in [-0.3, -0.25) is 0 Å². The summed E-state index contributed by atoms with van der Waals surface area (Å²) in [5, 5.41) is 32.9. The maximum atomic E-state index is 8.44. The molecule has 0 heterocycles. The molecule has 5 heteroatoms. The van der Waals surface area contributed by atoms with Crippen LogP contribution in [0, 0.1) is 0 Å². The van der Waals surface area contributed by atoms with E-state index in [1.54, 1.807) is 0 Å². The van der Waals surface area contributed by atoms with E-state index in [1.165, 1.54) is 6.92 Å². The van der Waals surface area contributed by atoms with Crippen LogP contribution in [0.2, 0.25) is 0 Å². The van der Waals surface area contributed by atoms with E-state index in [1.807, 2.05) is 0 Å². The van der Waals surface area contributed by atoms with Crippen molar-refractivity contribution in [3.63, 3.8) is 0 Å². The molecular formula is C4H12O5. The number of hydrogen-bond acceptors (Lipinski definition) is 4. The normalized spacial score (nSPS) is 14.3. The van der Waals surface area contributed by atoms with Crippen molar-refractivity contribution in [1.29, 1.82) is 0 Å². The Morgan fingerprint density at radius 2 is 1.67 bits per heavy atom. The van der Waals surface area contributed by atoms with Gasteiger partial charge >= 0.3 is 5.97 Å². The van der Waals surface area contributed by atoms with Crippen LogP contribution in [-0.4, -0.2) is 38.0 Å². The Morgan fingerprint density at radius 3 is 1.67 bits per heavy atom. The third kappa shape index (κ3) is 4.31. The molecule has 0 bridgehead atoms. The second-order valence-electron chi connectivity index (χ2n) is 1.61. The molecule has 6 N–H and O–H groups in total. The molecule has 0 rings (SSSR count). The van der Waals surface area contributed by atoms with E-state index in [-0.39, 0.29) is 11.9 Å². The van der Waals surface area contributed by atoms with Crippen LogP contribution in [0.3, 0.4) is 0 Å². The van der Waals surface area contributed by atoms with E-state index in [9.17, 15) is 0 Å². The van der Waals surface area contributed by atoms with Crippen molar-refractivity contribution in [3.8, 4) is 0 Å². The monoisotopic (exact) mass is 140 g/mol. The van der Waals surface area contributed by atoms with Gasteiger partial charge in [-0.15, -0.1) is 0 Å². The first-order valence-electron chi connectivity index (χ1n) is 2.33. The van der Waals surface area contributed by atoms with Gasteiger partial charge < -0.3 is 25.9 Å². The molecular weight excluding hydrogens is 128 g/mol. The van der Waals surface area contributed by atoms with E-state index in [0.717, 1.165) is 0 Å². The highest BCUT2D eigenvalue weighted by Gasteiger charge is 2.27. The Labute approximate surface area is 52.5 Å². The Morgan fingerprint density at radius 1 is 1.33 bits per heavy atom. The minimum absolute atomic E-state index is 0. The number of hydrogen-bond donors (Lipinski definition) is 4. The smallest absolute Gasteiger partial charge is 0.302 e. The SMILES string of the molecule is CCC(O)C(O)(O)O.O. The largest absolute Gasteiger partial charge is 0.412 e. The topological polar surface area (TPSA) is 112 Å². The summed E-state index contributed by atoms with van der Waals surface area (Å²) in [7, 11) is 0. The third-order valence-corrected chi connectivity index (χ3v) is 0.834. The molecule has 0 aromatic carbocycles. The van der Waals surface area contributed by atoms with Crippen molar-refractivity contribution in [3.05, 3.63) is 0 Å². The Hall–Kier alpha value is -0.200. The molecule has 0 saturated heterocycles. The Kier molecular flexibility index (Phi) is 4.83. The molecule has 9 heavy (non-hydrogen) atoms. The highest BCUT2D eigenvalue weighted by molar-refractivity contribution is 4.58. The molecule has 1 atom stereocenters. The van der Waals surface area contributed by atoms with Gasteiger partial charge in [0.15, 0.2) is 0 Å². The van der Waals surface area contributed by atoms with Gasteiger partial charge in [0.25, 0.3) is 0 Å². The van der Waals surface area contributed by atoms with Crippen LogP contribution in [0.15, 0.2) is 0 Å². The van der Waals surface area contributed by atoms with Gasteiger partial charge in [-0.25, -0.2) is 0 Å². The molecule has 0 aliphatic carbocycles. The summed E-state index contributed by atoms with van der Waals surface area (Å²) in [5.41, 5.74) is 0. The van der Waals surface area contributed by atoms with Gasteiger partial charge in [-0.1, -0.05) is 6.92 Å². The van der Waals surface area contributed by atoms with Gasteiger partial charge in [0.05, 0.1) is 0 Å². The highest BCUT2D eigenvalue weighted by Crippen LogP contribution is 2.03. The minimum atomic E-state index is -2.94. The zero-order chi connectivity index (χ0) is 6.78. The van der Waals surface area contributed by atoms with Crippen LogP contribution >= 0.6 is 0 Å². The minimum Gasteiger partial charge on any atom is -0.412 e. The zero-order valence-electron chi connectivity index (χ0n) is 5.07. The predicted octanol–water partition coefficient (Wildman–Crippen LogP) is -2.44. The summed E-state index contributed by atoms with van der Waals surface area (Å²) >= 11 is 0. The summed E-state index contributed by atoms with van der Waals surface area (Å²) in [6.07, 6.45) is -1.38. The van der Waals surface area contributed by atoms with Crippen LogP contribution in [0.5, 0.6) is 0 Å². The van der Waals surface area contributed by atoms with Crippen LogP contribution in [0.1, 0.15) is 13.3 Å². The number of aliphatic hydroxyl groups excluding tert-OH is 1. The molecule has 0 aliphatic rings. The van der Waals surface area contributed by atoms with Crippen molar-refractivity contribution < 1.29 is 25.9 Å². The first kappa shape index (κ1) is 11.6. The van der Waals surface area contributed by atoms with E-state index in [4.69, 9.17) is 20.4 Å². The molecule has 0 radical (unpaired) electrons. The van der Waals surface area contributed by atoms with Crippen molar-refractivity contribution >= 4 is 0 Å². The lowest BCUT2D eigenvalue weighted by atomic mass is 10.2. The van der Waals surface area contributed by atoms with Crippen molar-refractivity contribution in [1.82, 2.24) is 0 Å². The van der Waals surface area contributed by atoms with Gasteiger partial charge in [-0.2, -0.15) is 0 Å². The van der Waals surface area contributed by atoms with Gasteiger partial charge in [0, 0.05) is 0 Å². The van der Waals surface area contributed by atoms with Crippen molar-refractivity contribution in [2.24, 2.45) is 0 Å². The number of rotatable bonds is 2. The maximum absolute atomic E-state index is 8.44. The van der Waals surface area contributed by atoms with Gasteiger partial charge in [0.2, 0.25) is 0 Å². The van der Waals surface area contributed by atoms with Crippen LogP contribution < -0.4 is 0 Å². The fraction of sp³-hybridized carbons (Fsp3) is 1.00. The lowest BCUT2D eigenvalue weighted by Crippen LogP contribution is -2.41. The summed E-state index contributed by atoms with van der Waals surface area (Å²) in [6.45, 7) is 1.52. The first-order valence-corrected chi connectivity index (χ1v) is 2.33. The average molecular weight is 140 g/mol. The third-order valence-electron chi connectivity index (χ3n) is 0.834. The summed E-state index contributed by atoms with van der Waals surface area (Å²) in [6, 6.07) is 0. The molecule has 0 aromatic rings. The Balaban J connectivity index is 0. The predicted molar refractivity (Wildman–Crippen MR) is 29.3 cm³/mol.